The van der Waals surface area contributed by atoms with Gasteiger partial charge in [-0.3, -0.25) is 4.98 Å². The average Bonchev–Trinajstić information content (AvgIpc) is 2.48. The summed E-state index contributed by atoms with van der Waals surface area (Å²) in [7, 11) is 4.03. The van der Waals surface area contributed by atoms with Gasteiger partial charge in [0, 0.05) is 49.2 Å². The van der Waals surface area contributed by atoms with Gasteiger partial charge in [0.25, 0.3) is 0 Å². The minimum atomic E-state index is 0.603. The Kier molecular flexibility index (Phi) is 4.73. The zero-order valence-electron chi connectivity index (χ0n) is 12.6. The van der Waals surface area contributed by atoms with Crippen LogP contribution in [0.2, 0.25) is 0 Å². The molecule has 3 heteroatoms. The first-order chi connectivity index (χ1) is 10.1. The molecular weight excluding hydrogens is 258 g/mol. The lowest BCUT2D eigenvalue weighted by molar-refractivity contribution is 1.12. The van der Waals surface area contributed by atoms with Crippen LogP contribution < -0.4 is 4.90 Å². The van der Waals surface area contributed by atoms with Crippen molar-refractivity contribution >= 4 is 11.9 Å². The Bertz CT molecular complexity index is 689. The summed E-state index contributed by atoms with van der Waals surface area (Å²) in [6, 6.07) is 10.1. The normalized spacial score (nSPS) is 9.67. The van der Waals surface area contributed by atoms with Crippen LogP contribution in [0.3, 0.4) is 0 Å². The second-order valence-corrected chi connectivity index (χ2v) is 5.07. The van der Waals surface area contributed by atoms with E-state index in [9.17, 15) is 0 Å². The van der Waals surface area contributed by atoms with Crippen molar-refractivity contribution in [3.05, 3.63) is 58.9 Å². The van der Waals surface area contributed by atoms with E-state index >= 15 is 0 Å². The van der Waals surface area contributed by atoms with Gasteiger partial charge in [0.1, 0.15) is 0 Å². The molecule has 21 heavy (non-hydrogen) atoms. The van der Waals surface area contributed by atoms with Gasteiger partial charge in [0.05, 0.1) is 0 Å². The van der Waals surface area contributed by atoms with E-state index < -0.39 is 0 Å². The first kappa shape index (κ1) is 14.8. The lowest BCUT2D eigenvalue weighted by atomic mass is 10.1. The Balaban J connectivity index is 2.22. The first-order valence-corrected chi connectivity index (χ1v) is 6.84. The van der Waals surface area contributed by atoms with E-state index in [2.05, 4.69) is 33.9 Å². The highest BCUT2D eigenvalue weighted by Crippen LogP contribution is 2.12. The van der Waals surface area contributed by atoms with Gasteiger partial charge < -0.3 is 10.3 Å². The SMILES string of the molecule is Cc1ncc(C#Cc2ccc(N(C)C)cc2)cc1CC=N. The molecule has 1 aromatic carbocycles. The summed E-state index contributed by atoms with van der Waals surface area (Å²) in [5.74, 6) is 6.28. The summed E-state index contributed by atoms with van der Waals surface area (Å²) in [6.45, 7) is 1.95. The molecule has 0 radical (unpaired) electrons. The Labute approximate surface area is 126 Å². The Hall–Kier alpha value is -2.60. The fraction of sp³-hybridized carbons (Fsp3) is 0.222. The van der Waals surface area contributed by atoms with E-state index in [1.165, 1.54) is 6.21 Å². The van der Waals surface area contributed by atoms with Crippen molar-refractivity contribution < 1.29 is 0 Å². The maximum Gasteiger partial charge on any atom is 0.0435 e. The molecule has 0 aliphatic rings. The Morgan fingerprint density at radius 2 is 1.81 bits per heavy atom. The van der Waals surface area contributed by atoms with Gasteiger partial charge in [-0.1, -0.05) is 11.8 Å². The number of nitrogens with one attached hydrogen (secondary N) is 1. The molecule has 0 unspecified atom stereocenters. The molecule has 2 aromatic rings. The van der Waals surface area contributed by atoms with Gasteiger partial charge in [-0.25, -0.2) is 0 Å². The van der Waals surface area contributed by atoms with Crippen molar-refractivity contribution in [1.82, 2.24) is 4.98 Å². The van der Waals surface area contributed by atoms with Crippen molar-refractivity contribution in [2.75, 3.05) is 19.0 Å². The summed E-state index contributed by atoms with van der Waals surface area (Å²) in [6.07, 6.45) is 3.77. The van der Waals surface area contributed by atoms with Crippen LogP contribution in [0, 0.1) is 24.2 Å². The maximum atomic E-state index is 7.21. The summed E-state index contributed by atoms with van der Waals surface area (Å²) in [5, 5.41) is 7.21. The molecule has 0 aliphatic heterocycles. The Morgan fingerprint density at radius 1 is 1.14 bits per heavy atom. The van der Waals surface area contributed by atoms with Gasteiger partial charge in [0.2, 0.25) is 0 Å². The molecule has 1 N–H and O–H groups in total. The minimum Gasteiger partial charge on any atom is -0.378 e. The van der Waals surface area contributed by atoms with Crippen molar-refractivity contribution in [3.8, 4) is 11.8 Å². The van der Waals surface area contributed by atoms with Gasteiger partial charge in [0.15, 0.2) is 0 Å². The van der Waals surface area contributed by atoms with Crippen LogP contribution in [0.15, 0.2) is 36.5 Å². The first-order valence-electron chi connectivity index (χ1n) is 6.84. The molecule has 0 aliphatic carbocycles. The fourth-order valence-corrected chi connectivity index (χ4v) is 1.95. The van der Waals surface area contributed by atoms with Crippen LogP contribution in [0.4, 0.5) is 5.69 Å². The lowest BCUT2D eigenvalue weighted by Crippen LogP contribution is -2.07. The van der Waals surface area contributed by atoms with Crippen molar-refractivity contribution in [3.63, 3.8) is 0 Å². The summed E-state index contributed by atoms with van der Waals surface area (Å²) >= 11 is 0. The number of hydrogen-bond acceptors (Lipinski definition) is 3. The van der Waals surface area contributed by atoms with Crippen LogP contribution in [-0.4, -0.2) is 25.3 Å². The second kappa shape index (κ2) is 6.71. The van der Waals surface area contributed by atoms with Gasteiger partial charge in [-0.2, -0.15) is 0 Å². The third-order valence-corrected chi connectivity index (χ3v) is 3.25. The molecule has 1 aromatic heterocycles. The van der Waals surface area contributed by atoms with Gasteiger partial charge in [-0.05, 0) is 49.0 Å². The predicted octanol–water partition coefficient (Wildman–Crippen LogP) is 3.05. The van der Waals surface area contributed by atoms with E-state index in [1.807, 2.05) is 39.2 Å². The van der Waals surface area contributed by atoms with Crippen LogP contribution >= 0.6 is 0 Å². The highest BCUT2D eigenvalue weighted by atomic mass is 15.1. The quantitative estimate of drug-likeness (QED) is 0.692. The molecule has 106 valence electrons. The van der Waals surface area contributed by atoms with E-state index in [1.54, 1.807) is 6.20 Å². The molecule has 0 atom stereocenters. The molecule has 0 bridgehead atoms. The van der Waals surface area contributed by atoms with E-state index in [0.717, 1.165) is 28.1 Å². The number of hydrogen-bond donors (Lipinski definition) is 1. The zero-order valence-corrected chi connectivity index (χ0v) is 12.6. The molecule has 0 saturated heterocycles. The van der Waals surface area contributed by atoms with Crippen molar-refractivity contribution in [2.45, 2.75) is 13.3 Å². The Morgan fingerprint density at radius 3 is 2.43 bits per heavy atom. The lowest BCUT2D eigenvalue weighted by Gasteiger charge is -2.11. The van der Waals surface area contributed by atoms with Crippen LogP contribution in [-0.2, 0) is 6.42 Å². The highest BCUT2D eigenvalue weighted by Gasteiger charge is 1.99. The smallest absolute Gasteiger partial charge is 0.0435 e. The number of rotatable bonds is 3. The monoisotopic (exact) mass is 277 g/mol. The molecular formula is C18H19N3. The number of aryl methyl sites for hydroxylation is 1. The molecule has 0 fully saturated rings. The minimum absolute atomic E-state index is 0.603. The van der Waals surface area contributed by atoms with Crippen LogP contribution in [0.1, 0.15) is 22.4 Å². The number of benzene rings is 1. The third-order valence-electron chi connectivity index (χ3n) is 3.25. The molecule has 3 nitrogen and oxygen atoms in total. The molecule has 0 saturated carbocycles. The molecule has 0 amide bonds. The van der Waals surface area contributed by atoms with Crippen molar-refractivity contribution in [1.29, 1.82) is 5.41 Å². The fourth-order valence-electron chi connectivity index (χ4n) is 1.95. The molecule has 2 rings (SSSR count). The van der Waals surface area contributed by atoms with Gasteiger partial charge >= 0.3 is 0 Å². The van der Waals surface area contributed by atoms with Crippen LogP contribution in [0.5, 0.6) is 0 Å². The van der Waals surface area contributed by atoms with E-state index in [4.69, 9.17) is 5.41 Å². The standard InChI is InChI=1S/C18H19N3/c1-14-17(10-11-19)12-16(13-20-14)5-4-15-6-8-18(9-7-15)21(2)3/h6-9,11-13,19H,10H2,1-3H3. The number of anilines is 1. The van der Waals surface area contributed by atoms with Gasteiger partial charge in [-0.15, -0.1) is 0 Å². The summed E-state index contributed by atoms with van der Waals surface area (Å²) in [5.41, 5.74) is 5.04. The average molecular weight is 277 g/mol. The molecule has 1 heterocycles. The molecule has 0 spiro atoms. The maximum absolute atomic E-state index is 7.21. The number of pyridine rings is 1. The predicted molar refractivity (Wildman–Crippen MR) is 88.2 cm³/mol. The second-order valence-electron chi connectivity index (χ2n) is 5.07. The topological polar surface area (TPSA) is 40.0 Å². The van der Waals surface area contributed by atoms with Crippen LogP contribution in [0.25, 0.3) is 0 Å². The third kappa shape index (κ3) is 3.93. The number of nitrogens with zero attached hydrogens (tertiary/aromatic N) is 2. The van der Waals surface area contributed by atoms with E-state index in [-0.39, 0.29) is 0 Å². The number of aromatic nitrogens is 1. The van der Waals surface area contributed by atoms with Crippen molar-refractivity contribution in [2.24, 2.45) is 0 Å². The summed E-state index contributed by atoms with van der Waals surface area (Å²) < 4.78 is 0. The highest BCUT2D eigenvalue weighted by molar-refractivity contribution is 5.59. The van der Waals surface area contributed by atoms with E-state index in [0.29, 0.717) is 6.42 Å². The largest absolute Gasteiger partial charge is 0.378 e. The summed E-state index contributed by atoms with van der Waals surface area (Å²) in [4.78, 5) is 6.40. The zero-order chi connectivity index (χ0) is 15.2.